The number of aryl methyl sites for hydroxylation is 3. The number of hydrogen-bond donors (Lipinski definition) is 1. The van der Waals surface area contributed by atoms with Gasteiger partial charge in [0.25, 0.3) is 0 Å². The summed E-state index contributed by atoms with van der Waals surface area (Å²) in [7, 11) is 0. The number of rotatable bonds is 3. The zero-order chi connectivity index (χ0) is 17.8. The molecule has 0 atom stereocenters. The summed E-state index contributed by atoms with van der Waals surface area (Å²) in [5, 5.41) is 4.12. The number of nitrogens with zero attached hydrogens (tertiary/aromatic N) is 4. The van der Waals surface area contributed by atoms with Crippen LogP contribution in [-0.2, 0) is 0 Å². The van der Waals surface area contributed by atoms with E-state index in [-0.39, 0.29) is 0 Å². The molecule has 5 rings (SSSR count). The molecule has 0 unspecified atom stereocenters. The second kappa shape index (κ2) is 5.56. The van der Waals surface area contributed by atoms with Gasteiger partial charge in [0.1, 0.15) is 22.9 Å². The summed E-state index contributed by atoms with van der Waals surface area (Å²) in [4.78, 5) is 12.9. The second-order valence-corrected chi connectivity index (χ2v) is 7.19. The lowest BCUT2D eigenvalue weighted by atomic mass is 9.85. The maximum Gasteiger partial charge on any atom is 0.141 e. The van der Waals surface area contributed by atoms with Gasteiger partial charge in [0, 0.05) is 23.9 Å². The van der Waals surface area contributed by atoms with Gasteiger partial charge in [-0.1, -0.05) is 11.6 Å². The zero-order valence-electron chi connectivity index (χ0n) is 15.2. The van der Waals surface area contributed by atoms with Crippen LogP contribution < -0.4 is 0 Å². The lowest BCUT2D eigenvalue weighted by Gasteiger charge is -2.22. The first-order chi connectivity index (χ1) is 12.6. The maximum absolute atomic E-state index is 5.39. The first kappa shape index (κ1) is 15.4. The molecule has 0 saturated heterocycles. The average molecular weight is 347 g/mol. The molecule has 1 aliphatic carbocycles. The lowest BCUT2D eigenvalue weighted by molar-refractivity contribution is 0.393. The molecular formula is C20H21N5O. The van der Waals surface area contributed by atoms with E-state index < -0.39 is 0 Å². The van der Waals surface area contributed by atoms with Crippen LogP contribution in [0.1, 0.15) is 48.3 Å². The summed E-state index contributed by atoms with van der Waals surface area (Å²) in [5.74, 6) is 3.42. The minimum absolute atomic E-state index is 0.557. The highest BCUT2D eigenvalue weighted by atomic mass is 16.5. The number of imidazole rings is 2. The van der Waals surface area contributed by atoms with E-state index in [1.54, 1.807) is 0 Å². The third-order valence-corrected chi connectivity index (χ3v) is 5.48. The quantitative estimate of drug-likeness (QED) is 0.588. The first-order valence-corrected chi connectivity index (χ1v) is 9.09. The Morgan fingerprint density at radius 3 is 2.65 bits per heavy atom. The summed E-state index contributed by atoms with van der Waals surface area (Å²) in [6.45, 7) is 5.94. The number of nitrogens with one attached hydrogen (secondary N) is 1. The Morgan fingerprint density at radius 2 is 2.04 bits per heavy atom. The van der Waals surface area contributed by atoms with E-state index >= 15 is 0 Å². The molecule has 6 nitrogen and oxygen atoms in total. The van der Waals surface area contributed by atoms with Crippen molar-refractivity contribution in [2.75, 3.05) is 0 Å². The molecule has 1 fully saturated rings. The highest BCUT2D eigenvalue weighted by Crippen LogP contribution is 2.38. The molecule has 0 bridgehead atoms. The molecule has 1 aliphatic rings. The van der Waals surface area contributed by atoms with E-state index in [1.807, 2.05) is 33.2 Å². The second-order valence-electron chi connectivity index (χ2n) is 7.19. The average Bonchev–Trinajstić information content (AvgIpc) is 3.24. The molecule has 3 aromatic heterocycles. The fraction of sp³-hybridized carbons (Fsp3) is 0.350. The molecule has 1 aromatic carbocycles. The van der Waals surface area contributed by atoms with Gasteiger partial charge in [-0.3, -0.25) is 0 Å². The Morgan fingerprint density at radius 1 is 1.19 bits per heavy atom. The fourth-order valence-electron chi connectivity index (χ4n) is 3.85. The molecule has 132 valence electrons. The van der Waals surface area contributed by atoms with Crippen LogP contribution in [0.5, 0.6) is 0 Å². The van der Waals surface area contributed by atoms with Gasteiger partial charge in [0.05, 0.1) is 16.9 Å². The molecule has 6 heteroatoms. The molecule has 4 aromatic rings. The standard InChI is InChI=1S/C20H21N5O/c1-11-18(12(2)26-24-11)15-9-16-19(23-20(22-16)14-5-4-6-14)17(10-15)25-8-7-21-13(25)3/h7-10,14H,4-6H2,1-3H3,(H,22,23). The maximum atomic E-state index is 5.39. The van der Waals surface area contributed by atoms with Crippen molar-refractivity contribution in [3.63, 3.8) is 0 Å². The Bertz CT molecular complexity index is 1090. The van der Waals surface area contributed by atoms with Crippen molar-refractivity contribution < 1.29 is 4.52 Å². The van der Waals surface area contributed by atoms with Crippen molar-refractivity contribution in [3.8, 4) is 16.8 Å². The van der Waals surface area contributed by atoms with Crippen LogP contribution in [-0.4, -0.2) is 24.7 Å². The summed E-state index contributed by atoms with van der Waals surface area (Å²) < 4.78 is 7.48. The number of aromatic amines is 1. The summed E-state index contributed by atoms with van der Waals surface area (Å²) in [6, 6.07) is 4.32. The molecule has 0 radical (unpaired) electrons. The van der Waals surface area contributed by atoms with Gasteiger partial charge in [0.15, 0.2) is 0 Å². The number of hydrogen-bond acceptors (Lipinski definition) is 4. The predicted octanol–water partition coefficient (Wildman–Crippen LogP) is 4.60. The zero-order valence-corrected chi connectivity index (χ0v) is 15.2. The Balaban J connectivity index is 1.79. The van der Waals surface area contributed by atoms with Gasteiger partial charge in [-0.25, -0.2) is 9.97 Å². The third-order valence-electron chi connectivity index (χ3n) is 5.48. The number of fused-ring (bicyclic) bond motifs is 1. The van der Waals surface area contributed by atoms with Crippen molar-refractivity contribution in [2.45, 2.75) is 46.0 Å². The van der Waals surface area contributed by atoms with E-state index in [4.69, 9.17) is 9.51 Å². The Hall–Kier alpha value is -2.89. The van der Waals surface area contributed by atoms with E-state index in [2.05, 4.69) is 31.8 Å². The normalized spacial score (nSPS) is 14.9. The molecule has 0 amide bonds. The van der Waals surface area contributed by atoms with Crippen LogP contribution in [0.2, 0.25) is 0 Å². The van der Waals surface area contributed by atoms with Crippen LogP contribution in [0.25, 0.3) is 27.8 Å². The van der Waals surface area contributed by atoms with Gasteiger partial charge >= 0.3 is 0 Å². The van der Waals surface area contributed by atoms with E-state index in [1.165, 1.54) is 19.3 Å². The van der Waals surface area contributed by atoms with E-state index in [9.17, 15) is 0 Å². The highest BCUT2D eigenvalue weighted by Gasteiger charge is 2.24. The van der Waals surface area contributed by atoms with Crippen molar-refractivity contribution in [1.82, 2.24) is 24.7 Å². The highest BCUT2D eigenvalue weighted by molar-refractivity contribution is 5.90. The molecule has 3 heterocycles. The van der Waals surface area contributed by atoms with E-state index in [0.717, 1.165) is 51.0 Å². The molecular weight excluding hydrogens is 326 g/mol. The van der Waals surface area contributed by atoms with Gasteiger partial charge in [-0.05, 0) is 51.3 Å². The van der Waals surface area contributed by atoms with Gasteiger partial charge in [0.2, 0.25) is 0 Å². The molecule has 1 saturated carbocycles. The molecule has 0 aliphatic heterocycles. The first-order valence-electron chi connectivity index (χ1n) is 9.09. The van der Waals surface area contributed by atoms with Crippen molar-refractivity contribution >= 4 is 11.0 Å². The smallest absolute Gasteiger partial charge is 0.141 e. The summed E-state index contributed by atoms with van der Waals surface area (Å²) in [6.07, 6.45) is 7.54. The number of benzene rings is 1. The third kappa shape index (κ3) is 2.21. The monoisotopic (exact) mass is 347 g/mol. The molecule has 1 N–H and O–H groups in total. The number of aromatic nitrogens is 5. The van der Waals surface area contributed by atoms with Crippen LogP contribution in [0.4, 0.5) is 0 Å². The predicted molar refractivity (Wildman–Crippen MR) is 99.5 cm³/mol. The number of H-pyrrole nitrogens is 1. The fourth-order valence-corrected chi connectivity index (χ4v) is 3.85. The minimum atomic E-state index is 0.557. The lowest BCUT2D eigenvalue weighted by Crippen LogP contribution is -2.10. The molecule has 26 heavy (non-hydrogen) atoms. The minimum Gasteiger partial charge on any atom is -0.361 e. The molecule has 0 spiro atoms. The van der Waals surface area contributed by atoms with Crippen LogP contribution in [0.15, 0.2) is 29.0 Å². The summed E-state index contributed by atoms with van der Waals surface area (Å²) >= 11 is 0. The van der Waals surface area contributed by atoms with Crippen LogP contribution in [0.3, 0.4) is 0 Å². The largest absolute Gasteiger partial charge is 0.361 e. The van der Waals surface area contributed by atoms with Crippen molar-refractivity contribution in [2.24, 2.45) is 0 Å². The SMILES string of the molecule is Cc1noc(C)c1-c1cc(-n2ccnc2C)c2nc(C3CCC3)[nH]c2c1. The topological polar surface area (TPSA) is 72.5 Å². The van der Waals surface area contributed by atoms with Gasteiger partial charge < -0.3 is 14.1 Å². The van der Waals surface area contributed by atoms with Crippen LogP contribution >= 0.6 is 0 Å². The van der Waals surface area contributed by atoms with Crippen molar-refractivity contribution in [3.05, 3.63) is 47.6 Å². The summed E-state index contributed by atoms with van der Waals surface area (Å²) in [5.41, 5.74) is 6.10. The Labute approximate surface area is 151 Å². The van der Waals surface area contributed by atoms with Gasteiger partial charge in [-0.15, -0.1) is 0 Å². The van der Waals surface area contributed by atoms with Crippen LogP contribution in [0, 0.1) is 20.8 Å². The van der Waals surface area contributed by atoms with Crippen molar-refractivity contribution in [1.29, 1.82) is 0 Å². The van der Waals surface area contributed by atoms with Gasteiger partial charge in [-0.2, -0.15) is 0 Å². The van der Waals surface area contributed by atoms with E-state index in [0.29, 0.717) is 5.92 Å². The Kier molecular flexibility index (Phi) is 3.29.